The van der Waals surface area contributed by atoms with Crippen LogP contribution >= 0.6 is 0 Å². The molecular formula is C16H20BN2O5. The van der Waals surface area contributed by atoms with Gasteiger partial charge in [-0.3, -0.25) is 4.90 Å². The number of carboxylic acid groups (broad SMARTS) is 1. The molecule has 2 aliphatic rings. The number of rotatable bonds is 6. The van der Waals surface area contributed by atoms with Crippen LogP contribution in [0.5, 0.6) is 11.5 Å². The van der Waals surface area contributed by atoms with E-state index in [0.717, 1.165) is 24.6 Å². The van der Waals surface area contributed by atoms with Crippen molar-refractivity contribution in [2.45, 2.75) is 31.3 Å². The summed E-state index contributed by atoms with van der Waals surface area (Å²) in [5, 5.41) is 9.52. The van der Waals surface area contributed by atoms with Crippen LogP contribution in [0.3, 0.4) is 0 Å². The van der Waals surface area contributed by atoms with Crippen LogP contribution in [0.1, 0.15) is 22.8 Å². The lowest BCUT2D eigenvalue weighted by Crippen LogP contribution is -2.60. The van der Waals surface area contributed by atoms with Crippen molar-refractivity contribution in [2.75, 3.05) is 19.6 Å². The number of aldehydes is 1. The third-order valence-corrected chi connectivity index (χ3v) is 4.20. The SMILES string of the molecule is C[C@](N)(C=O)CN1CC(Oc2ccc3c(c2C(=O)O)O[B]CC3)C1. The van der Waals surface area contributed by atoms with Gasteiger partial charge in [-0.1, -0.05) is 6.07 Å². The second-order valence-electron chi connectivity index (χ2n) is 6.61. The number of benzene rings is 1. The van der Waals surface area contributed by atoms with Gasteiger partial charge in [0.15, 0.2) is 0 Å². The Morgan fingerprint density at radius 1 is 1.58 bits per heavy atom. The Labute approximate surface area is 141 Å². The Bertz CT molecular complexity index is 658. The number of ether oxygens (including phenoxy) is 1. The molecule has 1 fully saturated rings. The molecule has 1 saturated heterocycles. The van der Waals surface area contributed by atoms with E-state index < -0.39 is 11.5 Å². The molecule has 1 radical (unpaired) electrons. The second-order valence-corrected chi connectivity index (χ2v) is 6.61. The highest BCUT2D eigenvalue weighted by Crippen LogP contribution is 2.36. The van der Waals surface area contributed by atoms with Crippen molar-refractivity contribution in [1.29, 1.82) is 0 Å². The smallest absolute Gasteiger partial charge is 0.370 e. The van der Waals surface area contributed by atoms with E-state index in [1.807, 2.05) is 11.0 Å². The van der Waals surface area contributed by atoms with Crippen molar-refractivity contribution in [3.8, 4) is 11.5 Å². The summed E-state index contributed by atoms with van der Waals surface area (Å²) >= 11 is 0. The molecule has 1 aromatic rings. The summed E-state index contributed by atoms with van der Waals surface area (Å²) in [4.78, 5) is 24.5. The number of nitrogens with zero attached hydrogens (tertiary/aromatic N) is 1. The summed E-state index contributed by atoms with van der Waals surface area (Å²) in [6.07, 6.45) is 2.13. The van der Waals surface area contributed by atoms with Crippen LogP contribution in [0, 0.1) is 0 Å². The predicted molar refractivity (Wildman–Crippen MR) is 87.8 cm³/mol. The van der Waals surface area contributed by atoms with Crippen LogP contribution < -0.4 is 15.1 Å². The van der Waals surface area contributed by atoms with Gasteiger partial charge in [-0.2, -0.15) is 0 Å². The van der Waals surface area contributed by atoms with Crippen molar-refractivity contribution < 1.29 is 24.1 Å². The minimum Gasteiger partial charge on any atom is -0.562 e. The fourth-order valence-electron chi connectivity index (χ4n) is 3.02. The fourth-order valence-corrected chi connectivity index (χ4v) is 3.02. The number of aromatic carboxylic acids is 1. The van der Waals surface area contributed by atoms with Gasteiger partial charge in [-0.25, -0.2) is 4.79 Å². The third-order valence-electron chi connectivity index (χ3n) is 4.20. The molecule has 8 heteroatoms. The van der Waals surface area contributed by atoms with E-state index in [2.05, 4.69) is 0 Å². The molecule has 3 N–H and O–H groups in total. The van der Waals surface area contributed by atoms with Crippen LogP contribution in [-0.4, -0.2) is 61.0 Å². The Morgan fingerprint density at radius 3 is 3.00 bits per heavy atom. The van der Waals surface area contributed by atoms with Crippen molar-refractivity contribution >= 4 is 19.7 Å². The maximum atomic E-state index is 11.6. The summed E-state index contributed by atoms with van der Waals surface area (Å²) in [5.41, 5.74) is 5.88. The molecule has 127 valence electrons. The predicted octanol–water partition coefficient (Wildman–Crippen LogP) is 0.337. The fraction of sp³-hybridized carbons (Fsp3) is 0.500. The van der Waals surface area contributed by atoms with E-state index >= 15 is 0 Å². The molecule has 3 rings (SSSR count). The zero-order chi connectivity index (χ0) is 17.3. The van der Waals surface area contributed by atoms with Gasteiger partial charge >= 0.3 is 13.5 Å². The zero-order valence-corrected chi connectivity index (χ0v) is 13.5. The third kappa shape index (κ3) is 3.39. The number of hydrogen-bond donors (Lipinski definition) is 2. The van der Waals surface area contributed by atoms with Crippen LogP contribution in [0.4, 0.5) is 0 Å². The largest absolute Gasteiger partial charge is 0.562 e. The normalized spacial score (nSPS) is 19.9. The number of carboxylic acids is 1. The standard InChI is InChI=1S/C16H20BN2O5/c1-16(18,9-20)8-19-6-11(7-19)23-12-3-2-10-4-5-17-24-14(10)13(12)15(21)22/h2-3,9,11H,4-8,18H2,1H3,(H,21,22)/t16-/m1/s1. The van der Waals surface area contributed by atoms with E-state index in [1.165, 1.54) is 0 Å². The van der Waals surface area contributed by atoms with Crippen molar-refractivity contribution in [3.05, 3.63) is 23.3 Å². The second kappa shape index (κ2) is 6.45. The molecule has 0 aromatic heterocycles. The molecule has 2 heterocycles. The van der Waals surface area contributed by atoms with E-state index in [0.29, 0.717) is 31.1 Å². The lowest BCUT2D eigenvalue weighted by atomic mass is 9.85. The van der Waals surface area contributed by atoms with E-state index in [9.17, 15) is 14.7 Å². The molecule has 0 saturated carbocycles. The van der Waals surface area contributed by atoms with Gasteiger partial charge < -0.3 is 25.0 Å². The molecule has 0 bridgehead atoms. The molecule has 1 atom stereocenters. The number of carbonyl (C=O) groups is 2. The summed E-state index contributed by atoms with van der Waals surface area (Å²) < 4.78 is 11.3. The van der Waals surface area contributed by atoms with Gasteiger partial charge in [-0.05, 0) is 31.3 Å². The highest BCUT2D eigenvalue weighted by Gasteiger charge is 2.34. The lowest BCUT2D eigenvalue weighted by Gasteiger charge is -2.41. The van der Waals surface area contributed by atoms with Crippen LogP contribution in [0.2, 0.25) is 6.32 Å². The monoisotopic (exact) mass is 331 g/mol. The first-order chi connectivity index (χ1) is 11.4. The molecule has 1 aromatic carbocycles. The number of likely N-dealkylation sites (tertiary alicyclic amines) is 1. The molecule has 0 unspecified atom stereocenters. The Hall–Kier alpha value is -2.06. The maximum absolute atomic E-state index is 11.6. The molecule has 0 amide bonds. The average Bonchev–Trinajstić information content (AvgIpc) is 2.52. The minimum absolute atomic E-state index is 0.0680. The zero-order valence-electron chi connectivity index (χ0n) is 13.5. The van der Waals surface area contributed by atoms with Crippen molar-refractivity contribution in [3.63, 3.8) is 0 Å². The number of nitrogens with two attached hydrogens (primary N) is 1. The van der Waals surface area contributed by atoms with E-state index in [-0.39, 0.29) is 11.7 Å². The molecule has 7 nitrogen and oxygen atoms in total. The Kier molecular flexibility index (Phi) is 4.51. The quantitative estimate of drug-likeness (QED) is 0.572. The summed E-state index contributed by atoms with van der Waals surface area (Å²) in [6.45, 7) is 3.33. The summed E-state index contributed by atoms with van der Waals surface area (Å²) in [7, 11) is 1.62. The highest BCUT2D eigenvalue weighted by atomic mass is 16.5. The van der Waals surface area contributed by atoms with Gasteiger partial charge in [0.05, 0.1) is 5.54 Å². The molecule has 0 spiro atoms. The first-order valence-electron chi connectivity index (χ1n) is 7.91. The van der Waals surface area contributed by atoms with Crippen LogP contribution in [0.15, 0.2) is 12.1 Å². The van der Waals surface area contributed by atoms with Crippen molar-refractivity contribution in [2.24, 2.45) is 5.73 Å². The Balaban J connectivity index is 1.69. The topological polar surface area (TPSA) is 102 Å². The van der Waals surface area contributed by atoms with Gasteiger partial charge in [0, 0.05) is 19.6 Å². The van der Waals surface area contributed by atoms with Crippen LogP contribution in [0.25, 0.3) is 0 Å². The summed E-state index contributed by atoms with van der Waals surface area (Å²) in [5.74, 6) is -0.381. The van der Waals surface area contributed by atoms with Crippen molar-refractivity contribution in [1.82, 2.24) is 4.90 Å². The molecular weight excluding hydrogens is 311 g/mol. The van der Waals surface area contributed by atoms with E-state index in [4.69, 9.17) is 15.1 Å². The average molecular weight is 331 g/mol. The number of aryl methyl sites for hydroxylation is 1. The molecule has 0 aliphatic carbocycles. The van der Waals surface area contributed by atoms with Gasteiger partial charge in [-0.15, -0.1) is 0 Å². The molecule has 2 aliphatic heterocycles. The highest BCUT2D eigenvalue weighted by molar-refractivity contribution is 6.29. The minimum atomic E-state index is -1.07. The molecule has 24 heavy (non-hydrogen) atoms. The summed E-state index contributed by atoms with van der Waals surface area (Å²) in [6, 6.07) is 3.54. The van der Waals surface area contributed by atoms with E-state index in [1.54, 1.807) is 20.5 Å². The van der Waals surface area contributed by atoms with Gasteiger partial charge in [0.25, 0.3) is 0 Å². The lowest BCUT2D eigenvalue weighted by molar-refractivity contribution is -0.113. The van der Waals surface area contributed by atoms with Gasteiger partial charge in [0.2, 0.25) is 0 Å². The number of fused-ring (bicyclic) bond motifs is 1. The first kappa shape index (κ1) is 16.8. The first-order valence-corrected chi connectivity index (χ1v) is 7.91. The Morgan fingerprint density at radius 2 is 2.33 bits per heavy atom. The number of hydrogen-bond acceptors (Lipinski definition) is 6. The van der Waals surface area contributed by atoms with Crippen LogP contribution in [-0.2, 0) is 11.2 Å². The maximum Gasteiger partial charge on any atom is 0.370 e. The van der Waals surface area contributed by atoms with Gasteiger partial charge in [0.1, 0.15) is 29.5 Å². The number of carbonyl (C=O) groups excluding carboxylic acids is 1.